The first-order chi connectivity index (χ1) is 7.49. The Kier molecular flexibility index (Phi) is 3.15. The van der Waals surface area contributed by atoms with E-state index in [1.54, 1.807) is 22.9 Å². The van der Waals surface area contributed by atoms with E-state index in [1.807, 2.05) is 13.8 Å². The van der Waals surface area contributed by atoms with Crippen LogP contribution in [0.5, 0.6) is 0 Å². The lowest BCUT2D eigenvalue weighted by Gasteiger charge is -2.05. The molecule has 0 radical (unpaired) electrons. The van der Waals surface area contributed by atoms with E-state index in [4.69, 9.17) is 34.8 Å². The van der Waals surface area contributed by atoms with Crippen LogP contribution in [0.3, 0.4) is 0 Å². The molecule has 1 heterocycles. The summed E-state index contributed by atoms with van der Waals surface area (Å²) in [6.45, 7) is 3.76. The van der Waals surface area contributed by atoms with Gasteiger partial charge in [0, 0.05) is 10.0 Å². The average Bonchev–Trinajstić information content (AvgIpc) is 2.44. The van der Waals surface area contributed by atoms with Gasteiger partial charge in [0.15, 0.2) is 0 Å². The number of nitrogens with zero attached hydrogens (tertiary/aromatic N) is 2. The second-order valence-corrected chi connectivity index (χ2v) is 4.78. The van der Waals surface area contributed by atoms with Gasteiger partial charge in [0.1, 0.15) is 0 Å². The predicted octanol–water partition coefficient (Wildman–Crippen LogP) is 4.45. The van der Waals surface area contributed by atoms with Gasteiger partial charge >= 0.3 is 0 Å². The van der Waals surface area contributed by atoms with Crippen LogP contribution < -0.4 is 0 Å². The average molecular weight is 276 g/mol. The van der Waals surface area contributed by atoms with Gasteiger partial charge in [-0.05, 0) is 32.0 Å². The minimum atomic E-state index is 0.575. The van der Waals surface area contributed by atoms with E-state index < -0.39 is 0 Å². The van der Waals surface area contributed by atoms with Crippen molar-refractivity contribution in [1.82, 2.24) is 9.78 Å². The molecule has 2 aromatic rings. The molecule has 0 aliphatic carbocycles. The highest BCUT2D eigenvalue weighted by Gasteiger charge is 2.11. The second-order valence-electron chi connectivity index (χ2n) is 3.52. The molecule has 0 aliphatic rings. The van der Waals surface area contributed by atoms with E-state index in [1.165, 1.54) is 0 Å². The Bertz CT molecular complexity index is 526. The third kappa shape index (κ3) is 2.05. The molecule has 0 fully saturated rings. The van der Waals surface area contributed by atoms with Crippen LogP contribution in [0.4, 0.5) is 0 Å². The molecule has 0 unspecified atom stereocenters. The lowest BCUT2D eigenvalue weighted by Crippen LogP contribution is -1.98. The predicted molar refractivity (Wildman–Crippen MR) is 68.1 cm³/mol. The van der Waals surface area contributed by atoms with Gasteiger partial charge in [0.05, 0.1) is 22.1 Å². The number of hydrogen-bond acceptors (Lipinski definition) is 1. The molecular weight excluding hydrogens is 266 g/mol. The summed E-state index contributed by atoms with van der Waals surface area (Å²) in [5, 5.41) is 6.14. The normalized spacial score (nSPS) is 10.8. The summed E-state index contributed by atoms with van der Waals surface area (Å²) in [5.41, 5.74) is 2.47. The Hall–Kier alpha value is -0.700. The Morgan fingerprint density at radius 2 is 1.56 bits per heavy atom. The molecular formula is C11H9Cl3N2. The zero-order valence-electron chi connectivity index (χ0n) is 8.76. The number of halogens is 3. The highest BCUT2D eigenvalue weighted by molar-refractivity contribution is 6.35. The minimum absolute atomic E-state index is 0.575. The molecule has 2 nitrogen and oxygen atoms in total. The molecule has 0 spiro atoms. The molecule has 0 saturated carbocycles. The summed E-state index contributed by atoms with van der Waals surface area (Å²) >= 11 is 18.0. The van der Waals surface area contributed by atoms with E-state index >= 15 is 0 Å². The summed E-state index contributed by atoms with van der Waals surface area (Å²) < 4.78 is 1.73. The van der Waals surface area contributed by atoms with E-state index in [0.29, 0.717) is 15.1 Å². The van der Waals surface area contributed by atoms with Crippen LogP contribution >= 0.6 is 34.8 Å². The largest absolute Gasteiger partial charge is 0.236 e. The maximum atomic E-state index is 6.08. The summed E-state index contributed by atoms with van der Waals surface area (Å²) in [4.78, 5) is 0. The van der Waals surface area contributed by atoms with Gasteiger partial charge in [-0.15, -0.1) is 0 Å². The summed E-state index contributed by atoms with van der Waals surface area (Å²) in [6.07, 6.45) is 0. The molecule has 1 aromatic heterocycles. The van der Waals surface area contributed by atoms with Gasteiger partial charge < -0.3 is 0 Å². The van der Waals surface area contributed by atoms with Crippen molar-refractivity contribution in [3.8, 4) is 5.69 Å². The van der Waals surface area contributed by atoms with Crippen molar-refractivity contribution in [1.29, 1.82) is 0 Å². The topological polar surface area (TPSA) is 17.8 Å². The number of hydrogen-bond donors (Lipinski definition) is 0. The van der Waals surface area contributed by atoms with E-state index in [0.717, 1.165) is 17.1 Å². The number of rotatable bonds is 1. The molecule has 16 heavy (non-hydrogen) atoms. The smallest absolute Gasteiger partial charge is 0.0848 e. The van der Waals surface area contributed by atoms with Crippen molar-refractivity contribution in [2.45, 2.75) is 13.8 Å². The molecule has 0 amide bonds. The molecule has 0 atom stereocenters. The fourth-order valence-corrected chi connectivity index (χ4v) is 2.17. The molecule has 84 valence electrons. The standard InChI is InChI=1S/C11H9Cl3N2/c1-6-11(14)7(2)16(15-6)10-4-8(12)3-9(13)5-10/h3-5H,1-2H3. The second kappa shape index (κ2) is 4.28. The Morgan fingerprint density at radius 1 is 1.00 bits per heavy atom. The first-order valence-corrected chi connectivity index (χ1v) is 5.80. The number of aromatic nitrogens is 2. The zero-order valence-corrected chi connectivity index (χ0v) is 11.0. The lowest BCUT2D eigenvalue weighted by atomic mass is 10.3. The minimum Gasteiger partial charge on any atom is -0.236 e. The van der Waals surface area contributed by atoms with Crippen LogP contribution in [0, 0.1) is 13.8 Å². The number of aryl methyl sites for hydroxylation is 1. The Labute approximate surface area is 109 Å². The van der Waals surface area contributed by atoms with Crippen LogP contribution in [0.15, 0.2) is 18.2 Å². The maximum Gasteiger partial charge on any atom is 0.0848 e. The molecule has 0 N–H and O–H groups in total. The molecule has 0 bridgehead atoms. The van der Waals surface area contributed by atoms with Crippen LogP contribution in [0.1, 0.15) is 11.4 Å². The first-order valence-electron chi connectivity index (χ1n) is 4.67. The van der Waals surface area contributed by atoms with Gasteiger partial charge in [0.2, 0.25) is 0 Å². The van der Waals surface area contributed by atoms with Crippen LogP contribution in [0.2, 0.25) is 15.1 Å². The van der Waals surface area contributed by atoms with Gasteiger partial charge in [-0.25, -0.2) is 4.68 Å². The quantitative estimate of drug-likeness (QED) is 0.752. The number of benzene rings is 1. The van der Waals surface area contributed by atoms with Crippen molar-refractivity contribution in [2.75, 3.05) is 0 Å². The molecule has 1 aromatic carbocycles. The van der Waals surface area contributed by atoms with E-state index in [-0.39, 0.29) is 0 Å². The highest BCUT2D eigenvalue weighted by atomic mass is 35.5. The molecule has 0 saturated heterocycles. The van der Waals surface area contributed by atoms with Crippen molar-refractivity contribution < 1.29 is 0 Å². The molecule has 2 rings (SSSR count). The van der Waals surface area contributed by atoms with Gasteiger partial charge in [-0.3, -0.25) is 0 Å². The van der Waals surface area contributed by atoms with E-state index in [9.17, 15) is 0 Å². The maximum absolute atomic E-state index is 6.08. The first kappa shape index (κ1) is 11.8. The summed E-state index contributed by atoms with van der Waals surface area (Å²) in [7, 11) is 0. The summed E-state index contributed by atoms with van der Waals surface area (Å²) in [6, 6.07) is 5.27. The Balaban J connectivity index is 2.62. The van der Waals surface area contributed by atoms with E-state index in [2.05, 4.69) is 5.10 Å². The lowest BCUT2D eigenvalue weighted by molar-refractivity contribution is 0.834. The van der Waals surface area contributed by atoms with Crippen molar-refractivity contribution in [3.05, 3.63) is 44.7 Å². The van der Waals surface area contributed by atoms with Crippen molar-refractivity contribution in [3.63, 3.8) is 0 Å². The molecule has 5 heteroatoms. The van der Waals surface area contributed by atoms with Crippen LogP contribution in [-0.4, -0.2) is 9.78 Å². The van der Waals surface area contributed by atoms with Crippen molar-refractivity contribution in [2.24, 2.45) is 0 Å². The SMILES string of the molecule is Cc1nn(-c2cc(Cl)cc(Cl)c2)c(C)c1Cl. The molecule has 0 aliphatic heterocycles. The third-order valence-electron chi connectivity index (χ3n) is 2.29. The van der Waals surface area contributed by atoms with Crippen LogP contribution in [0.25, 0.3) is 5.69 Å². The van der Waals surface area contributed by atoms with Gasteiger partial charge in [-0.1, -0.05) is 34.8 Å². The van der Waals surface area contributed by atoms with Crippen LogP contribution in [-0.2, 0) is 0 Å². The van der Waals surface area contributed by atoms with Gasteiger partial charge in [0.25, 0.3) is 0 Å². The fraction of sp³-hybridized carbons (Fsp3) is 0.182. The highest BCUT2D eigenvalue weighted by Crippen LogP contribution is 2.26. The fourth-order valence-electron chi connectivity index (χ4n) is 1.54. The van der Waals surface area contributed by atoms with Crippen molar-refractivity contribution >= 4 is 34.8 Å². The summed E-state index contributed by atoms with van der Waals surface area (Å²) in [5.74, 6) is 0. The monoisotopic (exact) mass is 274 g/mol. The van der Waals surface area contributed by atoms with Gasteiger partial charge in [-0.2, -0.15) is 5.10 Å². The zero-order chi connectivity index (χ0) is 11.9. The Morgan fingerprint density at radius 3 is 2.00 bits per heavy atom. The third-order valence-corrected chi connectivity index (χ3v) is 3.28.